The second-order valence-corrected chi connectivity index (χ2v) is 1.83. The van der Waals surface area contributed by atoms with Gasteiger partial charge in [0.1, 0.15) is 0 Å². The summed E-state index contributed by atoms with van der Waals surface area (Å²) in [6.07, 6.45) is -4.26. The molecule has 0 fully saturated rings. The van der Waals surface area contributed by atoms with Crippen molar-refractivity contribution in [2.24, 2.45) is 0 Å². The van der Waals surface area contributed by atoms with Crippen molar-refractivity contribution in [3.05, 3.63) is 12.2 Å². The molecule has 0 aromatic carbocycles. The molecule has 42 valence electrons. The number of allylic oxidation sites excluding steroid dienone is 1. The Kier molecular flexibility index (Phi) is 2.96. The normalized spacial score (nSPS) is 10.6. The molecule has 0 unspecified atom stereocenters. The van der Waals surface area contributed by atoms with E-state index >= 15 is 0 Å². The Morgan fingerprint density at radius 3 is 1.88 bits per heavy atom. The van der Waals surface area contributed by atoms with E-state index in [0.29, 0.717) is 30.2 Å². The summed E-state index contributed by atoms with van der Waals surface area (Å²) in [6, 6.07) is 0. The van der Waals surface area contributed by atoms with E-state index < -0.39 is 11.7 Å². The molecule has 0 amide bonds. The van der Waals surface area contributed by atoms with Crippen LogP contribution in [0.4, 0.5) is 13.2 Å². The molecular weight excluding hydrogens is 194 g/mol. The fourth-order valence-corrected chi connectivity index (χ4v) is 0.484. The summed E-state index contributed by atoms with van der Waals surface area (Å²) in [7, 11) is 0. The SMILES string of the molecule is C=C([C]#[Y])C(F)(F)F. The monoisotopic (exact) mass is 196 g/mol. The number of halogens is 3. The Labute approximate surface area is 64.2 Å². The molecule has 0 aliphatic heterocycles. The van der Waals surface area contributed by atoms with Gasteiger partial charge in [-0.15, -0.1) is 0 Å². The quantitative estimate of drug-likeness (QED) is 0.552. The van der Waals surface area contributed by atoms with Gasteiger partial charge in [-0.05, 0) is 0 Å². The van der Waals surface area contributed by atoms with Gasteiger partial charge in [-0.2, -0.15) is 0 Å². The molecule has 4 heteroatoms. The van der Waals surface area contributed by atoms with Crippen molar-refractivity contribution in [2.45, 2.75) is 6.18 Å². The Morgan fingerprint density at radius 2 is 1.88 bits per heavy atom. The Balaban J connectivity index is 4.09. The fourth-order valence-electron chi connectivity index (χ4n) is 0.0818. The van der Waals surface area contributed by atoms with Crippen LogP contribution in [0, 0.1) is 2.59 Å². The predicted molar refractivity (Wildman–Crippen MR) is 19.1 cm³/mol. The summed E-state index contributed by atoms with van der Waals surface area (Å²) < 4.78 is 35.9. The maximum atomic E-state index is 11.3. The van der Waals surface area contributed by atoms with Crippen molar-refractivity contribution in [1.82, 2.24) is 0 Å². The van der Waals surface area contributed by atoms with Crippen LogP contribution in [0.25, 0.3) is 0 Å². The first kappa shape index (κ1) is 8.41. The maximum absolute atomic E-state index is 11.3. The molecule has 0 N–H and O–H groups in total. The van der Waals surface area contributed by atoms with Gasteiger partial charge in [-0.25, -0.2) is 0 Å². The molecule has 0 saturated carbocycles. The minimum absolute atomic E-state index is 0.341. The van der Waals surface area contributed by atoms with Gasteiger partial charge in [0, 0.05) is 0 Å². The van der Waals surface area contributed by atoms with Crippen molar-refractivity contribution < 1.29 is 43.4 Å². The fraction of sp³-hybridized carbons (Fsp3) is 0.250. The first-order valence-electron chi connectivity index (χ1n) is 1.71. The van der Waals surface area contributed by atoms with Crippen LogP contribution in [0.1, 0.15) is 0 Å². The Hall–Kier alpha value is 0.414. The average Bonchev–Trinajstić information content (AvgIpc) is 1.62. The third-order valence-electron chi connectivity index (χ3n) is 0.516. The molecule has 0 nitrogen and oxygen atoms in total. The molecule has 0 aliphatic rings. The molecule has 0 rings (SSSR count). The number of hydrogen-bond donors (Lipinski definition) is 0. The van der Waals surface area contributed by atoms with Gasteiger partial charge in [0.05, 0.1) is 0 Å². The summed E-state index contributed by atoms with van der Waals surface area (Å²) in [5.41, 5.74) is -0.861. The second kappa shape index (κ2) is 2.81. The van der Waals surface area contributed by atoms with Crippen molar-refractivity contribution in [3.8, 4) is 2.59 Å². The zero-order valence-electron chi connectivity index (χ0n) is 3.92. The van der Waals surface area contributed by atoms with E-state index in [1.165, 1.54) is 0 Å². The van der Waals surface area contributed by atoms with E-state index in [1.807, 2.05) is 2.59 Å². The molecule has 0 saturated heterocycles. The van der Waals surface area contributed by atoms with Crippen molar-refractivity contribution in [2.75, 3.05) is 0 Å². The van der Waals surface area contributed by atoms with Crippen LogP contribution in [-0.4, -0.2) is 6.18 Å². The molecule has 0 spiro atoms. The van der Waals surface area contributed by atoms with Crippen LogP contribution in [0.2, 0.25) is 0 Å². The molecule has 0 heterocycles. The van der Waals surface area contributed by atoms with Crippen LogP contribution in [0.5, 0.6) is 0 Å². The topological polar surface area (TPSA) is 0 Å². The third kappa shape index (κ3) is 2.66. The molecule has 0 bridgehead atoms. The number of alkyl halides is 3. The number of hydrogen-bond acceptors (Lipinski definition) is 0. The van der Waals surface area contributed by atoms with E-state index in [1.54, 1.807) is 0 Å². The van der Waals surface area contributed by atoms with Gasteiger partial charge in [-0.3, -0.25) is 0 Å². The number of rotatable bonds is 0. The molecule has 8 heavy (non-hydrogen) atoms. The summed E-state index contributed by atoms with van der Waals surface area (Å²) >= 11 is 0.341. The molecule has 0 radical (unpaired) electrons. The Bertz CT molecular complexity index is 138. The third-order valence-corrected chi connectivity index (χ3v) is 1.37. The van der Waals surface area contributed by atoms with Crippen LogP contribution in [0.3, 0.4) is 0 Å². The van der Waals surface area contributed by atoms with Crippen molar-refractivity contribution >= 4 is 0 Å². The van der Waals surface area contributed by atoms with E-state index in [9.17, 15) is 13.2 Å². The minimum atomic E-state index is -4.26. The Morgan fingerprint density at radius 1 is 1.50 bits per heavy atom. The molecule has 0 aliphatic carbocycles. The summed E-state index contributed by atoms with van der Waals surface area (Å²) in [6.45, 7) is 2.74. The first-order valence-corrected chi connectivity index (χ1v) is 3.13. The van der Waals surface area contributed by atoms with Crippen molar-refractivity contribution in [1.29, 1.82) is 0 Å². The van der Waals surface area contributed by atoms with Crippen LogP contribution >= 0.6 is 0 Å². The predicted octanol–water partition coefficient (Wildman–Crippen LogP) is 1.61. The summed E-state index contributed by atoms with van der Waals surface area (Å²) in [5, 5.41) is 0. The van der Waals surface area contributed by atoms with Gasteiger partial charge in [0.2, 0.25) is 0 Å². The molecule has 0 aromatic heterocycles. The summed E-state index contributed by atoms with van der Waals surface area (Å²) in [5.74, 6) is 0. The van der Waals surface area contributed by atoms with E-state index in [0.717, 1.165) is 0 Å². The zero-order chi connectivity index (χ0) is 6.78. The van der Waals surface area contributed by atoms with Crippen molar-refractivity contribution in [3.63, 3.8) is 0 Å². The van der Waals surface area contributed by atoms with E-state index in [4.69, 9.17) is 0 Å². The van der Waals surface area contributed by atoms with Gasteiger partial charge < -0.3 is 0 Å². The van der Waals surface area contributed by atoms with E-state index in [-0.39, 0.29) is 0 Å². The van der Waals surface area contributed by atoms with Crippen LogP contribution < -0.4 is 0 Å². The van der Waals surface area contributed by atoms with Crippen LogP contribution in [0.15, 0.2) is 12.2 Å². The van der Waals surface area contributed by atoms with E-state index in [2.05, 4.69) is 6.58 Å². The van der Waals surface area contributed by atoms with Gasteiger partial charge in [-0.1, -0.05) is 0 Å². The van der Waals surface area contributed by atoms with Gasteiger partial charge >= 0.3 is 64.3 Å². The first-order chi connectivity index (χ1) is 3.48. The van der Waals surface area contributed by atoms with Crippen LogP contribution in [-0.2, 0) is 30.2 Å². The standard InChI is InChI=1S/C4H2F3.Y/c1-3(2)4(5,6)7;/h1H2;. The molecule has 0 atom stereocenters. The zero-order valence-corrected chi connectivity index (χ0v) is 6.76. The van der Waals surface area contributed by atoms with Gasteiger partial charge in [0.15, 0.2) is 0 Å². The second-order valence-electron chi connectivity index (χ2n) is 1.12. The summed E-state index contributed by atoms with van der Waals surface area (Å²) in [4.78, 5) is 0. The average molecular weight is 196 g/mol. The molecule has 0 aromatic rings. The molecular formula is C4H2F3Y. The van der Waals surface area contributed by atoms with Gasteiger partial charge in [0.25, 0.3) is 0 Å².